The molecule has 3 rings (SSSR count). The van der Waals surface area contributed by atoms with Gasteiger partial charge in [0.1, 0.15) is 11.3 Å². The fourth-order valence-corrected chi connectivity index (χ4v) is 3.87. The number of aromatic carboxylic acids is 1. The Labute approximate surface area is 133 Å². The van der Waals surface area contributed by atoms with Crippen molar-refractivity contribution in [1.29, 1.82) is 0 Å². The zero-order chi connectivity index (χ0) is 15.8. The molecule has 0 aromatic heterocycles. The Morgan fingerprint density at radius 3 is 1.64 bits per heavy atom. The van der Waals surface area contributed by atoms with Crippen LogP contribution in [-0.2, 0) is 0 Å². The highest BCUT2D eigenvalue weighted by Gasteiger charge is 2.24. The zero-order valence-electron chi connectivity index (χ0n) is 13.3. The summed E-state index contributed by atoms with van der Waals surface area (Å²) < 4.78 is 0. The molecule has 0 unspecified atom stereocenters. The molecule has 2 aliphatic rings. The number of rotatable bonds is 2. The van der Waals surface area contributed by atoms with Crippen LogP contribution in [0.2, 0.25) is 0 Å². The number of benzene rings is 1. The van der Waals surface area contributed by atoms with Gasteiger partial charge in [-0.1, -0.05) is 76.3 Å². The first-order valence-electron chi connectivity index (χ1n) is 8.70. The van der Waals surface area contributed by atoms with Crippen molar-refractivity contribution in [2.75, 3.05) is 0 Å². The van der Waals surface area contributed by atoms with E-state index in [1.54, 1.807) is 37.8 Å². The van der Waals surface area contributed by atoms with E-state index in [0.717, 1.165) is 11.8 Å². The van der Waals surface area contributed by atoms with Gasteiger partial charge in [-0.25, -0.2) is 4.79 Å². The average molecular weight is 304 g/mol. The van der Waals surface area contributed by atoms with Crippen molar-refractivity contribution in [1.82, 2.24) is 0 Å². The van der Waals surface area contributed by atoms with E-state index in [1.807, 2.05) is 0 Å². The highest BCUT2D eigenvalue weighted by molar-refractivity contribution is 5.90. The Hall–Kier alpha value is -1.51. The largest absolute Gasteiger partial charge is 0.507 e. The van der Waals surface area contributed by atoms with Crippen LogP contribution in [0, 0.1) is 11.8 Å². The maximum atomic E-state index is 10.3. The molecule has 0 heterocycles. The monoisotopic (exact) mass is 304 g/mol. The van der Waals surface area contributed by atoms with Crippen molar-refractivity contribution in [2.24, 2.45) is 11.8 Å². The van der Waals surface area contributed by atoms with Crippen molar-refractivity contribution in [3.05, 3.63) is 29.8 Å². The van der Waals surface area contributed by atoms with Gasteiger partial charge in [0.25, 0.3) is 0 Å². The maximum absolute atomic E-state index is 10.3. The Kier molecular flexibility index (Phi) is 6.75. The maximum Gasteiger partial charge on any atom is 0.339 e. The summed E-state index contributed by atoms with van der Waals surface area (Å²) in [5.41, 5.74) is -0.0671. The molecule has 1 aromatic carbocycles. The van der Waals surface area contributed by atoms with Gasteiger partial charge in [0.15, 0.2) is 0 Å². The summed E-state index contributed by atoms with van der Waals surface area (Å²) in [6.45, 7) is 0. The minimum atomic E-state index is -1.11. The lowest BCUT2D eigenvalue weighted by atomic mass is 9.73. The summed E-state index contributed by atoms with van der Waals surface area (Å²) in [4.78, 5) is 10.3. The summed E-state index contributed by atoms with van der Waals surface area (Å²) >= 11 is 0. The van der Waals surface area contributed by atoms with E-state index in [1.165, 1.54) is 50.7 Å². The normalized spacial score (nSPS) is 20.0. The summed E-state index contributed by atoms with van der Waals surface area (Å²) in [5.74, 6) is 0.964. The first-order chi connectivity index (χ1) is 10.7. The lowest BCUT2D eigenvalue weighted by Gasteiger charge is -2.32. The highest BCUT2D eigenvalue weighted by Crippen LogP contribution is 2.37. The van der Waals surface area contributed by atoms with Crippen molar-refractivity contribution < 1.29 is 15.0 Å². The number of carboxylic acid groups (broad SMARTS) is 1. The third-order valence-electron chi connectivity index (χ3n) is 5.10. The van der Waals surface area contributed by atoms with Gasteiger partial charge in [-0.2, -0.15) is 0 Å². The molecule has 2 fully saturated rings. The van der Waals surface area contributed by atoms with E-state index >= 15 is 0 Å². The number of aromatic hydroxyl groups is 1. The second kappa shape index (κ2) is 8.82. The minimum absolute atomic E-state index is 0.0671. The third kappa shape index (κ3) is 5.04. The van der Waals surface area contributed by atoms with Crippen LogP contribution in [0.4, 0.5) is 0 Å². The number of para-hydroxylation sites is 1. The van der Waals surface area contributed by atoms with Gasteiger partial charge in [-0.3, -0.25) is 0 Å². The Balaban J connectivity index is 0.000000164. The summed E-state index contributed by atoms with van der Waals surface area (Å²) in [7, 11) is 0. The van der Waals surface area contributed by atoms with E-state index in [4.69, 9.17) is 10.2 Å². The fraction of sp³-hybridized carbons (Fsp3) is 0.632. The van der Waals surface area contributed by atoms with Gasteiger partial charge in [0, 0.05) is 0 Å². The second-order valence-electron chi connectivity index (χ2n) is 6.62. The number of phenols is 1. The van der Waals surface area contributed by atoms with Gasteiger partial charge in [-0.05, 0) is 24.0 Å². The zero-order valence-corrected chi connectivity index (χ0v) is 13.3. The molecular formula is C19H28O3. The first-order valence-corrected chi connectivity index (χ1v) is 8.70. The Bertz CT molecular complexity index is 442. The summed E-state index contributed by atoms with van der Waals surface area (Å²) in [6.07, 6.45) is 15.4. The molecule has 0 atom stereocenters. The standard InChI is InChI=1S/C12H22.C7H6O3/c1-3-7-11(8-4-1)12-9-5-2-6-10-12;8-6-4-2-1-3-5(6)7(9)10/h11-12H,1-10H2;1-4,8H,(H,9,10). The molecule has 0 saturated heterocycles. The van der Waals surface area contributed by atoms with Crippen LogP contribution in [0.1, 0.15) is 74.6 Å². The van der Waals surface area contributed by atoms with Crippen LogP contribution in [0.15, 0.2) is 24.3 Å². The molecular weight excluding hydrogens is 276 g/mol. The molecule has 3 heteroatoms. The van der Waals surface area contributed by atoms with Crippen LogP contribution < -0.4 is 0 Å². The minimum Gasteiger partial charge on any atom is -0.507 e. The lowest BCUT2D eigenvalue weighted by molar-refractivity contribution is 0.0693. The molecule has 2 aliphatic carbocycles. The quantitative estimate of drug-likeness (QED) is 0.785. The van der Waals surface area contributed by atoms with E-state index in [0.29, 0.717) is 0 Å². The molecule has 3 nitrogen and oxygen atoms in total. The summed E-state index contributed by atoms with van der Waals surface area (Å²) in [5, 5.41) is 17.3. The molecule has 2 saturated carbocycles. The summed E-state index contributed by atoms with van der Waals surface area (Å²) in [6, 6.07) is 5.81. The van der Waals surface area contributed by atoms with Crippen molar-refractivity contribution in [3.63, 3.8) is 0 Å². The molecule has 2 N–H and O–H groups in total. The second-order valence-corrected chi connectivity index (χ2v) is 6.62. The number of hydrogen-bond donors (Lipinski definition) is 2. The van der Waals surface area contributed by atoms with E-state index in [9.17, 15) is 4.79 Å². The van der Waals surface area contributed by atoms with E-state index in [-0.39, 0.29) is 11.3 Å². The molecule has 0 radical (unpaired) electrons. The van der Waals surface area contributed by atoms with Crippen LogP contribution in [0.5, 0.6) is 5.75 Å². The number of hydrogen-bond acceptors (Lipinski definition) is 2. The van der Waals surface area contributed by atoms with Gasteiger partial charge < -0.3 is 10.2 Å². The average Bonchev–Trinajstić information content (AvgIpc) is 2.57. The van der Waals surface area contributed by atoms with Gasteiger partial charge in [0.05, 0.1) is 0 Å². The predicted molar refractivity (Wildman–Crippen MR) is 88.2 cm³/mol. The van der Waals surface area contributed by atoms with Gasteiger partial charge in [-0.15, -0.1) is 0 Å². The number of carboxylic acids is 1. The van der Waals surface area contributed by atoms with Crippen LogP contribution >= 0.6 is 0 Å². The molecule has 0 bridgehead atoms. The smallest absolute Gasteiger partial charge is 0.339 e. The molecule has 0 amide bonds. The Morgan fingerprint density at radius 1 is 0.818 bits per heavy atom. The molecule has 122 valence electrons. The van der Waals surface area contributed by atoms with Crippen molar-refractivity contribution in [2.45, 2.75) is 64.2 Å². The van der Waals surface area contributed by atoms with Crippen LogP contribution in [0.25, 0.3) is 0 Å². The van der Waals surface area contributed by atoms with E-state index in [2.05, 4.69) is 0 Å². The highest BCUT2D eigenvalue weighted by atomic mass is 16.4. The molecule has 0 aliphatic heterocycles. The third-order valence-corrected chi connectivity index (χ3v) is 5.10. The molecule has 22 heavy (non-hydrogen) atoms. The van der Waals surface area contributed by atoms with E-state index < -0.39 is 5.97 Å². The topological polar surface area (TPSA) is 57.5 Å². The Morgan fingerprint density at radius 2 is 1.27 bits per heavy atom. The predicted octanol–water partition coefficient (Wildman–Crippen LogP) is 5.24. The van der Waals surface area contributed by atoms with Gasteiger partial charge >= 0.3 is 5.97 Å². The SMILES string of the molecule is C1CCC(C2CCCCC2)CC1.O=C(O)c1ccccc1O. The lowest BCUT2D eigenvalue weighted by Crippen LogP contribution is -2.20. The van der Waals surface area contributed by atoms with Crippen LogP contribution in [-0.4, -0.2) is 16.2 Å². The fourth-order valence-electron chi connectivity index (χ4n) is 3.87. The first kappa shape index (κ1) is 16.9. The number of carbonyl (C=O) groups is 1. The van der Waals surface area contributed by atoms with Crippen molar-refractivity contribution in [3.8, 4) is 5.75 Å². The molecule has 0 spiro atoms. The van der Waals surface area contributed by atoms with Gasteiger partial charge in [0.2, 0.25) is 0 Å². The van der Waals surface area contributed by atoms with Crippen LogP contribution in [0.3, 0.4) is 0 Å². The molecule has 1 aromatic rings. The van der Waals surface area contributed by atoms with Crippen molar-refractivity contribution >= 4 is 5.97 Å².